The summed E-state index contributed by atoms with van der Waals surface area (Å²) in [5.41, 5.74) is 7.53. The molecule has 2 heterocycles. The number of hydrogen-bond acceptors (Lipinski definition) is 4. The van der Waals surface area contributed by atoms with E-state index in [1.165, 1.54) is 5.56 Å². The van der Waals surface area contributed by atoms with E-state index in [0.717, 1.165) is 38.2 Å². The Bertz CT molecular complexity index is 552. The van der Waals surface area contributed by atoms with Crippen LogP contribution in [0.4, 0.5) is 0 Å². The third kappa shape index (κ3) is 4.24. The first-order chi connectivity index (χ1) is 10.5. The summed E-state index contributed by atoms with van der Waals surface area (Å²) in [5, 5.41) is 0.641. The summed E-state index contributed by atoms with van der Waals surface area (Å²) < 4.78 is 11.5. The maximum absolute atomic E-state index is 6.37. The third-order valence-corrected chi connectivity index (χ3v) is 4.94. The highest BCUT2D eigenvalue weighted by molar-refractivity contribution is 6.32. The Morgan fingerprint density at radius 3 is 2.78 bits per heavy atom. The molecule has 2 aliphatic rings. The van der Waals surface area contributed by atoms with Gasteiger partial charge in [0, 0.05) is 32.1 Å². The zero-order valence-electron chi connectivity index (χ0n) is 13.8. The van der Waals surface area contributed by atoms with Gasteiger partial charge in [-0.2, -0.15) is 0 Å². The molecule has 0 saturated carbocycles. The summed E-state index contributed by atoms with van der Waals surface area (Å²) in [6.45, 7) is 8.71. The second-order valence-electron chi connectivity index (χ2n) is 7.05. The average Bonchev–Trinajstić information content (AvgIpc) is 2.68. The Morgan fingerprint density at radius 1 is 1.30 bits per heavy atom. The van der Waals surface area contributed by atoms with Gasteiger partial charge in [-0.3, -0.25) is 4.90 Å². The molecule has 3 rings (SSSR count). The predicted molar refractivity (Wildman–Crippen MR) is 96.0 cm³/mol. The predicted octanol–water partition coefficient (Wildman–Crippen LogP) is 3.48. The summed E-state index contributed by atoms with van der Waals surface area (Å²) in [7, 11) is 0. The molecule has 0 spiro atoms. The second-order valence-corrected chi connectivity index (χ2v) is 7.46. The zero-order chi connectivity index (χ0) is 15.7. The summed E-state index contributed by atoms with van der Waals surface area (Å²) in [5.74, 6) is 1.46. The number of hydrogen-bond donors (Lipinski definition) is 1. The van der Waals surface area contributed by atoms with Gasteiger partial charge in [-0.25, -0.2) is 0 Å². The van der Waals surface area contributed by atoms with Crippen molar-refractivity contribution in [3.05, 3.63) is 22.7 Å². The summed E-state index contributed by atoms with van der Waals surface area (Å²) in [4.78, 5) is 2.44. The van der Waals surface area contributed by atoms with Crippen LogP contribution in [-0.4, -0.2) is 37.2 Å². The summed E-state index contributed by atoms with van der Waals surface area (Å²) >= 11 is 6.37. The van der Waals surface area contributed by atoms with E-state index < -0.39 is 0 Å². The van der Waals surface area contributed by atoms with Crippen molar-refractivity contribution in [3.8, 4) is 11.5 Å². The van der Waals surface area contributed by atoms with E-state index in [4.69, 9.17) is 26.8 Å². The van der Waals surface area contributed by atoms with Gasteiger partial charge in [-0.05, 0) is 29.5 Å². The minimum atomic E-state index is 0. The van der Waals surface area contributed by atoms with Gasteiger partial charge in [0.15, 0.2) is 11.5 Å². The van der Waals surface area contributed by atoms with E-state index >= 15 is 0 Å². The number of nitrogens with zero attached hydrogens (tertiary/aromatic N) is 1. The van der Waals surface area contributed by atoms with Crippen LogP contribution in [-0.2, 0) is 6.54 Å². The first-order valence-electron chi connectivity index (χ1n) is 8.02. The number of benzene rings is 1. The van der Waals surface area contributed by atoms with Gasteiger partial charge in [0.05, 0.1) is 18.2 Å². The third-order valence-electron chi connectivity index (χ3n) is 4.66. The molecule has 0 aliphatic carbocycles. The van der Waals surface area contributed by atoms with Crippen LogP contribution in [0.25, 0.3) is 0 Å². The molecule has 0 aromatic heterocycles. The highest BCUT2D eigenvalue weighted by atomic mass is 35.5. The van der Waals surface area contributed by atoms with Crippen LogP contribution < -0.4 is 15.2 Å². The molecule has 1 unspecified atom stereocenters. The van der Waals surface area contributed by atoms with Gasteiger partial charge in [0.1, 0.15) is 0 Å². The molecule has 0 bridgehead atoms. The second kappa shape index (κ2) is 7.47. The first kappa shape index (κ1) is 18.7. The molecule has 1 aromatic carbocycles. The fraction of sp³-hybridized carbons (Fsp3) is 0.647. The van der Waals surface area contributed by atoms with Crippen molar-refractivity contribution in [1.82, 2.24) is 4.90 Å². The van der Waals surface area contributed by atoms with Crippen molar-refractivity contribution < 1.29 is 9.47 Å². The molecule has 1 fully saturated rings. The van der Waals surface area contributed by atoms with Crippen LogP contribution in [0.1, 0.15) is 32.3 Å². The van der Waals surface area contributed by atoms with Crippen molar-refractivity contribution in [1.29, 1.82) is 0 Å². The quantitative estimate of drug-likeness (QED) is 0.876. The lowest BCUT2D eigenvalue weighted by Gasteiger charge is -2.42. The van der Waals surface area contributed by atoms with Crippen molar-refractivity contribution in [2.45, 2.75) is 39.3 Å². The highest BCUT2D eigenvalue weighted by Crippen LogP contribution is 2.38. The number of halogens is 2. The smallest absolute Gasteiger partial charge is 0.179 e. The zero-order valence-corrected chi connectivity index (χ0v) is 15.4. The van der Waals surface area contributed by atoms with Crippen LogP contribution >= 0.6 is 24.0 Å². The van der Waals surface area contributed by atoms with Crippen molar-refractivity contribution in [2.75, 3.05) is 26.3 Å². The Labute approximate surface area is 149 Å². The lowest BCUT2D eigenvalue weighted by atomic mass is 9.79. The number of fused-ring (bicyclic) bond motifs is 1. The minimum Gasteiger partial charge on any atom is -0.489 e. The number of nitrogens with two attached hydrogens (primary N) is 1. The number of rotatable bonds is 2. The van der Waals surface area contributed by atoms with E-state index in [0.29, 0.717) is 24.0 Å². The van der Waals surface area contributed by atoms with Crippen LogP contribution in [0.5, 0.6) is 11.5 Å². The van der Waals surface area contributed by atoms with Gasteiger partial charge in [0.2, 0.25) is 0 Å². The highest BCUT2D eigenvalue weighted by Gasteiger charge is 2.33. The summed E-state index contributed by atoms with van der Waals surface area (Å²) in [6, 6.07) is 4.33. The Kier molecular flexibility index (Phi) is 6.06. The van der Waals surface area contributed by atoms with E-state index in [-0.39, 0.29) is 23.9 Å². The normalized spacial score (nSPS) is 23.7. The Balaban J connectivity index is 0.00000192. The maximum Gasteiger partial charge on any atom is 0.179 e. The molecule has 2 N–H and O–H groups in total. The minimum absolute atomic E-state index is 0. The van der Waals surface area contributed by atoms with Crippen LogP contribution in [0, 0.1) is 5.41 Å². The first-order valence-corrected chi connectivity index (χ1v) is 8.39. The molecule has 130 valence electrons. The van der Waals surface area contributed by atoms with Gasteiger partial charge < -0.3 is 15.2 Å². The van der Waals surface area contributed by atoms with Crippen molar-refractivity contribution >= 4 is 24.0 Å². The monoisotopic (exact) mass is 360 g/mol. The molecule has 6 heteroatoms. The van der Waals surface area contributed by atoms with E-state index in [2.05, 4.69) is 24.8 Å². The topological polar surface area (TPSA) is 47.7 Å². The lowest BCUT2D eigenvalue weighted by molar-refractivity contribution is 0.0898. The van der Waals surface area contributed by atoms with E-state index in [9.17, 15) is 0 Å². The van der Waals surface area contributed by atoms with Gasteiger partial charge in [-0.1, -0.05) is 25.4 Å². The molecule has 0 radical (unpaired) electrons. The van der Waals surface area contributed by atoms with E-state index in [1.54, 1.807) is 0 Å². The van der Waals surface area contributed by atoms with Crippen molar-refractivity contribution in [3.63, 3.8) is 0 Å². The average molecular weight is 361 g/mol. The lowest BCUT2D eigenvalue weighted by Crippen LogP contribution is -2.52. The Hall–Kier alpha value is -0.680. The molecular weight excluding hydrogens is 335 g/mol. The standard InChI is InChI=1S/C17H25ClN2O2.ClH/c1-17(2)11-20(5-4-15(17)19)10-12-8-13(18)16-14(9-12)21-6-3-7-22-16;/h8-9,15H,3-7,10-11,19H2,1-2H3;1H. The van der Waals surface area contributed by atoms with Crippen LogP contribution in [0.3, 0.4) is 0 Å². The molecule has 1 saturated heterocycles. The molecule has 23 heavy (non-hydrogen) atoms. The fourth-order valence-electron chi connectivity index (χ4n) is 3.25. The molecular formula is C17H26Cl2N2O2. The van der Waals surface area contributed by atoms with Crippen LogP contribution in [0.2, 0.25) is 5.02 Å². The number of likely N-dealkylation sites (tertiary alicyclic amines) is 1. The van der Waals surface area contributed by atoms with Gasteiger partial charge in [-0.15, -0.1) is 12.4 Å². The Morgan fingerprint density at radius 2 is 2.04 bits per heavy atom. The summed E-state index contributed by atoms with van der Waals surface area (Å²) in [6.07, 6.45) is 1.92. The largest absolute Gasteiger partial charge is 0.489 e. The molecule has 0 amide bonds. The molecule has 4 nitrogen and oxygen atoms in total. The van der Waals surface area contributed by atoms with Crippen molar-refractivity contribution in [2.24, 2.45) is 11.1 Å². The fourth-order valence-corrected chi connectivity index (χ4v) is 3.54. The van der Waals surface area contributed by atoms with E-state index in [1.807, 2.05) is 6.07 Å². The molecule has 1 atom stereocenters. The number of piperidine rings is 1. The maximum atomic E-state index is 6.37. The van der Waals surface area contributed by atoms with Gasteiger partial charge >= 0.3 is 0 Å². The number of ether oxygens (including phenoxy) is 2. The van der Waals surface area contributed by atoms with Gasteiger partial charge in [0.25, 0.3) is 0 Å². The van der Waals surface area contributed by atoms with Crippen LogP contribution in [0.15, 0.2) is 12.1 Å². The molecule has 2 aliphatic heterocycles. The SMILES string of the molecule is CC1(C)CN(Cc2cc(Cl)c3c(c2)OCCCO3)CCC1N.Cl. The molecule has 1 aromatic rings.